The molecular formula is C11H15N3O2. The molecule has 0 aliphatic heterocycles. The van der Waals surface area contributed by atoms with Gasteiger partial charge in [0.05, 0.1) is 0 Å². The molecule has 0 aliphatic carbocycles. The smallest absolute Gasteiger partial charge is 0.251 e. The number of rotatable bonds is 3. The molecule has 1 amide bonds. The van der Waals surface area contributed by atoms with Crippen molar-refractivity contribution in [2.24, 2.45) is 10.9 Å². The zero-order valence-corrected chi connectivity index (χ0v) is 9.27. The maximum atomic E-state index is 11.6. The third-order valence-electron chi connectivity index (χ3n) is 1.97. The molecule has 16 heavy (non-hydrogen) atoms. The molecule has 1 aromatic rings. The summed E-state index contributed by atoms with van der Waals surface area (Å²) in [5.74, 6) is -0.114. The van der Waals surface area contributed by atoms with Crippen molar-refractivity contribution in [3.05, 3.63) is 35.4 Å². The van der Waals surface area contributed by atoms with Gasteiger partial charge in [-0.1, -0.05) is 17.3 Å². The summed E-state index contributed by atoms with van der Waals surface area (Å²) < 4.78 is 0. The molecule has 0 saturated heterocycles. The van der Waals surface area contributed by atoms with E-state index < -0.39 is 0 Å². The van der Waals surface area contributed by atoms with Crippen molar-refractivity contribution in [1.82, 2.24) is 5.32 Å². The Bertz CT molecular complexity index is 396. The maximum absolute atomic E-state index is 11.6. The summed E-state index contributed by atoms with van der Waals surface area (Å²) in [7, 11) is 0. The first kappa shape index (κ1) is 12.0. The van der Waals surface area contributed by atoms with E-state index in [2.05, 4.69) is 10.5 Å². The molecule has 0 radical (unpaired) electrons. The van der Waals surface area contributed by atoms with Gasteiger partial charge in [-0.3, -0.25) is 4.79 Å². The lowest BCUT2D eigenvalue weighted by Gasteiger charge is -2.08. The van der Waals surface area contributed by atoms with Crippen molar-refractivity contribution in [3.63, 3.8) is 0 Å². The van der Waals surface area contributed by atoms with Crippen LogP contribution in [0.5, 0.6) is 0 Å². The average molecular weight is 221 g/mol. The molecule has 0 aliphatic rings. The van der Waals surface area contributed by atoms with E-state index in [1.165, 1.54) is 0 Å². The van der Waals surface area contributed by atoms with Crippen LogP contribution < -0.4 is 11.1 Å². The van der Waals surface area contributed by atoms with Crippen molar-refractivity contribution in [2.75, 3.05) is 0 Å². The number of hydrogen-bond acceptors (Lipinski definition) is 3. The van der Waals surface area contributed by atoms with Crippen LogP contribution in [0.1, 0.15) is 29.8 Å². The number of carbonyl (C=O) groups excluding carboxylic acids is 1. The summed E-state index contributed by atoms with van der Waals surface area (Å²) in [5.41, 5.74) is 6.52. The van der Waals surface area contributed by atoms with Gasteiger partial charge in [0.1, 0.15) is 0 Å². The zero-order valence-electron chi connectivity index (χ0n) is 9.27. The van der Waals surface area contributed by atoms with E-state index >= 15 is 0 Å². The Morgan fingerprint density at radius 1 is 1.31 bits per heavy atom. The Morgan fingerprint density at radius 3 is 2.25 bits per heavy atom. The second-order valence-corrected chi connectivity index (χ2v) is 3.69. The number of benzene rings is 1. The number of amides is 1. The summed E-state index contributed by atoms with van der Waals surface area (Å²) in [5, 5.41) is 14.1. The SMILES string of the molecule is CC(C)NC(=O)c1ccc(/C(N)=N\O)cc1. The number of oxime groups is 1. The number of hydrogen-bond donors (Lipinski definition) is 3. The molecule has 86 valence electrons. The molecule has 0 spiro atoms. The fourth-order valence-corrected chi connectivity index (χ4v) is 1.20. The third-order valence-corrected chi connectivity index (χ3v) is 1.97. The standard InChI is InChI=1S/C11H15N3O2/c1-7(2)13-11(15)9-5-3-8(4-6-9)10(12)14-16/h3-7,16H,1-2H3,(H2,12,14)(H,13,15). The topological polar surface area (TPSA) is 87.7 Å². The predicted octanol–water partition coefficient (Wildman–Crippen LogP) is 0.919. The van der Waals surface area contributed by atoms with E-state index in [0.29, 0.717) is 11.1 Å². The largest absolute Gasteiger partial charge is 0.409 e. The summed E-state index contributed by atoms with van der Waals surface area (Å²) in [6.45, 7) is 3.78. The lowest BCUT2D eigenvalue weighted by molar-refractivity contribution is 0.0943. The zero-order chi connectivity index (χ0) is 12.1. The molecule has 1 aromatic carbocycles. The fraction of sp³-hybridized carbons (Fsp3) is 0.273. The second-order valence-electron chi connectivity index (χ2n) is 3.69. The predicted molar refractivity (Wildman–Crippen MR) is 61.6 cm³/mol. The van der Waals surface area contributed by atoms with Crippen LogP contribution >= 0.6 is 0 Å². The highest BCUT2D eigenvalue weighted by Gasteiger charge is 2.07. The van der Waals surface area contributed by atoms with Crippen molar-refractivity contribution < 1.29 is 10.0 Å². The van der Waals surface area contributed by atoms with Crippen molar-refractivity contribution in [3.8, 4) is 0 Å². The monoisotopic (exact) mass is 221 g/mol. The molecule has 4 N–H and O–H groups in total. The molecular weight excluding hydrogens is 206 g/mol. The first-order valence-corrected chi connectivity index (χ1v) is 4.93. The molecule has 0 unspecified atom stereocenters. The van der Waals surface area contributed by atoms with Gasteiger partial charge in [-0.15, -0.1) is 0 Å². The van der Waals surface area contributed by atoms with Crippen LogP contribution in [0.25, 0.3) is 0 Å². The Kier molecular flexibility index (Phi) is 3.88. The van der Waals surface area contributed by atoms with E-state index in [4.69, 9.17) is 10.9 Å². The summed E-state index contributed by atoms with van der Waals surface area (Å²) in [6, 6.07) is 6.61. The number of nitrogens with zero attached hydrogens (tertiary/aromatic N) is 1. The van der Waals surface area contributed by atoms with Gasteiger partial charge >= 0.3 is 0 Å². The van der Waals surface area contributed by atoms with Crippen LogP contribution in [0.3, 0.4) is 0 Å². The quantitative estimate of drug-likeness (QED) is 0.307. The lowest BCUT2D eigenvalue weighted by Crippen LogP contribution is -2.30. The van der Waals surface area contributed by atoms with Crippen LogP contribution in [-0.2, 0) is 0 Å². The Morgan fingerprint density at radius 2 is 1.81 bits per heavy atom. The first-order chi connectivity index (χ1) is 7.54. The third kappa shape index (κ3) is 2.98. The van der Waals surface area contributed by atoms with Crippen LogP contribution in [0.15, 0.2) is 29.4 Å². The minimum atomic E-state index is -0.138. The van der Waals surface area contributed by atoms with Crippen LogP contribution in [0, 0.1) is 0 Å². The number of carbonyl (C=O) groups is 1. The molecule has 5 heteroatoms. The summed E-state index contributed by atoms with van der Waals surface area (Å²) in [6.07, 6.45) is 0. The van der Waals surface area contributed by atoms with Gasteiger partial charge < -0.3 is 16.3 Å². The van der Waals surface area contributed by atoms with Crippen LogP contribution in [-0.4, -0.2) is 23.0 Å². The summed E-state index contributed by atoms with van der Waals surface area (Å²) in [4.78, 5) is 11.6. The van der Waals surface area contributed by atoms with Crippen LogP contribution in [0.4, 0.5) is 0 Å². The highest BCUT2D eigenvalue weighted by atomic mass is 16.4. The van der Waals surface area contributed by atoms with E-state index in [9.17, 15) is 4.79 Å². The molecule has 0 heterocycles. The van der Waals surface area contributed by atoms with E-state index in [1.54, 1.807) is 24.3 Å². The fourth-order valence-electron chi connectivity index (χ4n) is 1.20. The maximum Gasteiger partial charge on any atom is 0.251 e. The van der Waals surface area contributed by atoms with Gasteiger partial charge in [0.2, 0.25) is 0 Å². The number of amidine groups is 1. The Balaban J connectivity index is 2.83. The van der Waals surface area contributed by atoms with E-state index in [-0.39, 0.29) is 17.8 Å². The van der Waals surface area contributed by atoms with Gasteiger partial charge in [-0.25, -0.2) is 0 Å². The lowest BCUT2D eigenvalue weighted by atomic mass is 10.1. The molecule has 0 fully saturated rings. The minimum Gasteiger partial charge on any atom is -0.409 e. The second kappa shape index (κ2) is 5.16. The molecule has 0 saturated carbocycles. The van der Waals surface area contributed by atoms with Crippen molar-refractivity contribution in [2.45, 2.75) is 19.9 Å². The van der Waals surface area contributed by atoms with Gasteiger partial charge in [0.15, 0.2) is 5.84 Å². The summed E-state index contributed by atoms with van der Waals surface area (Å²) >= 11 is 0. The molecule has 0 bridgehead atoms. The highest BCUT2D eigenvalue weighted by molar-refractivity contribution is 5.99. The van der Waals surface area contributed by atoms with Gasteiger partial charge in [-0.2, -0.15) is 0 Å². The van der Waals surface area contributed by atoms with Crippen molar-refractivity contribution >= 4 is 11.7 Å². The van der Waals surface area contributed by atoms with Gasteiger partial charge in [-0.05, 0) is 26.0 Å². The normalized spacial score (nSPS) is 11.6. The van der Waals surface area contributed by atoms with E-state index in [0.717, 1.165) is 0 Å². The first-order valence-electron chi connectivity index (χ1n) is 4.93. The highest BCUT2D eigenvalue weighted by Crippen LogP contribution is 2.04. The minimum absolute atomic E-state index is 0.0239. The number of nitrogens with one attached hydrogen (secondary N) is 1. The van der Waals surface area contributed by atoms with Crippen LogP contribution in [0.2, 0.25) is 0 Å². The van der Waals surface area contributed by atoms with E-state index in [1.807, 2.05) is 13.8 Å². The molecule has 5 nitrogen and oxygen atoms in total. The number of nitrogens with two attached hydrogens (primary N) is 1. The molecule has 0 atom stereocenters. The van der Waals surface area contributed by atoms with Gasteiger partial charge in [0.25, 0.3) is 5.91 Å². The average Bonchev–Trinajstić information content (AvgIpc) is 2.27. The van der Waals surface area contributed by atoms with Crippen molar-refractivity contribution in [1.29, 1.82) is 0 Å². The van der Waals surface area contributed by atoms with Gasteiger partial charge in [0, 0.05) is 17.2 Å². The molecule has 1 rings (SSSR count). The Labute approximate surface area is 94.0 Å². The molecule has 0 aromatic heterocycles. The Hall–Kier alpha value is -2.04.